The van der Waals surface area contributed by atoms with E-state index in [1.807, 2.05) is 6.07 Å². The van der Waals surface area contributed by atoms with Crippen molar-refractivity contribution in [1.82, 2.24) is 0 Å². The SMILES string of the molecule is COCc1cccc(NS(=O)(=O)c2cc(CN)sc2Br)c1. The number of sulfonamides is 1. The van der Waals surface area contributed by atoms with Crippen molar-refractivity contribution in [3.05, 3.63) is 44.6 Å². The van der Waals surface area contributed by atoms with Crippen LogP contribution in [0.25, 0.3) is 0 Å². The van der Waals surface area contributed by atoms with Crippen molar-refractivity contribution in [2.75, 3.05) is 11.8 Å². The van der Waals surface area contributed by atoms with Gasteiger partial charge < -0.3 is 10.5 Å². The lowest BCUT2D eigenvalue weighted by Gasteiger charge is -2.08. The fourth-order valence-corrected chi connectivity index (χ4v) is 5.39. The van der Waals surface area contributed by atoms with Crippen LogP contribution in [-0.4, -0.2) is 15.5 Å². The van der Waals surface area contributed by atoms with Crippen molar-refractivity contribution in [3.8, 4) is 0 Å². The Kier molecular flexibility index (Phi) is 5.39. The van der Waals surface area contributed by atoms with Crippen LogP contribution >= 0.6 is 27.3 Å². The van der Waals surface area contributed by atoms with E-state index in [1.165, 1.54) is 11.3 Å². The summed E-state index contributed by atoms with van der Waals surface area (Å²) >= 11 is 4.59. The normalized spacial score (nSPS) is 11.6. The lowest BCUT2D eigenvalue weighted by Crippen LogP contribution is -2.12. The van der Waals surface area contributed by atoms with E-state index in [-0.39, 0.29) is 4.90 Å². The Bertz CT molecular complexity index is 729. The number of nitrogens with one attached hydrogen (secondary N) is 1. The van der Waals surface area contributed by atoms with Crippen molar-refractivity contribution >= 4 is 43.0 Å². The van der Waals surface area contributed by atoms with Gasteiger partial charge in [0.25, 0.3) is 10.0 Å². The van der Waals surface area contributed by atoms with E-state index in [2.05, 4.69) is 20.7 Å². The van der Waals surface area contributed by atoms with E-state index in [9.17, 15) is 8.42 Å². The van der Waals surface area contributed by atoms with Crippen molar-refractivity contribution < 1.29 is 13.2 Å². The number of anilines is 1. The Morgan fingerprint density at radius 1 is 1.38 bits per heavy atom. The molecule has 2 rings (SSSR count). The molecule has 0 radical (unpaired) electrons. The maximum Gasteiger partial charge on any atom is 0.263 e. The number of hydrogen-bond acceptors (Lipinski definition) is 5. The predicted octanol–water partition coefficient (Wildman–Crippen LogP) is 2.92. The lowest BCUT2D eigenvalue weighted by atomic mass is 10.2. The second-order valence-electron chi connectivity index (χ2n) is 4.29. The molecule has 0 aliphatic heterocycles. The summed E-state index contributed by atoms with van der Waals surface area (Å²) in [5.41, 5.74) is 6.93. The number of nitrogens with two attached hydrogens (primary N) is 1. The summed E-state index contributed by atoms with van der Waals surface area (Å²) < 4.78 is 33.0. The fraction of sp³-hybridized carbons (Fsp3) is 0.231. The maximum atomic E-state index is 12.4. The van der Waals surface area contributed by atoms with Crippen molar-refractivity contribution in [2.24, 2.45) is 5.73 Å². The van der Waals surface area contributed by atoms with Gasteiger partial charge in [-0.25, -0.2) is 8.42 Å². The summed E-state index contributed by atoms with van der Waals surface area (Å²) in [6, 6.07) is 8.66. The molecule has 0 saturated heterocycles. The molecule has 0 aliphatic carbocycles. The minimum Gasteiger partial charge on any atom is -0.380 e. The molecule has 21 heavy (non-hydrogen) atoms. The average molecular weight is 391 g/mol. The standard InChI is InChI=1S/C13H15BrN2O3S2/c1-19-8-9-3-2-4-10(5-9)16-21(17,18)12-6-11(7-15)20-13(12)14/h2-6,16H,7-8,15H2,1H3. The molecule has 0 bridgehead atoms. The largest absolute Gasteiger partial charge is 0.380 e. The molecule has 0 amide bonds. The third kappa shape index (κ3) is 4.04. The highest BCUT2D eigenvalue weighted by Crippen LogP contribution is 2.32. The summed E-state index contributed by atoms with van der Waals surface area (Å²) in [7, 11) is -2.06. The minimum atomic E-state index is -3.65. The molecule has 1 aromatic heterocycles. The van der Waals surface area contributed by atoms with Crippen LogP contribution in [0.2, 0.25) is 0 Å². The Labute approximate surface area is 136 Å². The highest BCUT2D eigenvalue weighted by atomic mass is 79.9. The van der Waals surface area contributed by atoms with E-state index >= 15 is 0 Å². The quantitative estimate of drug-likeness (QED) is 0.794. The summed E-state index contributed by atoms with van der Waals surface area (Å²) in [6.07, 6.45) is 0. The molecule has 2 aromatic rings. The molecule has 0 spiro atoms. The van der Waals surface area contributed by atoms with Crippen LogP contribution in [0.4, 0.5) is 5.69 Å². The average Bonchev–Trinajstić information content (AvgIpc) is 2.81. The summed E-state index contributed by atoms with van der Waals surface area (Å²) in [4.78, 5) is 1.00. The van der Waals surface area contributed by atoms with Crippen LogP contribution in [-0.2, 0) is 27.9 Å². The minimum absolute atomic E-state index is 0.199. The first-order valence-corrected chi connectivity index (χ1v) is 9.14. The number of ether oxygens (including phenoxy) is 1. The highest BCUT2D eigenvalue weighted by molar-refractivity contribution is 9.11. The zero-order valence-electron chi connectivity index (χ0n) is 11.3. The van der Waals surface area contributed by atoms with Gasteiger partial charge in [-0.2, -0.15) is 0 Å². The van der Waals surface area contributed by atoms with Gasteiger partial charge >= 0.3 is 0 Å². The first-order valence-electron chi connectivity index (χ1n) is 6.05. The smallest absolute Gasteiger partial charge is 0.263 e. The van der Waals surface area contributed by atoms with Gasteiger partial charge in [-0.15, -0.1) is 11.3 Å². The second-order valence-corrected chi connectivity index (χ2v) is 8.40. The van der Waals surface area contributed by atoms with Crippen molar-refractivity contribution in [1.29, 1.82) is 0 Å². The lowest BCUT2D eigenvalue weighted by molar-refractivity contribution is 0.185. The van der Waals surface area contributed by atoms with E-state index in [1.54, 1.807) is 31.4 Å². The number of methoxy groups -OCH3 is 1. The summed E-state index contributed by atoms with van der Waals surface area (Å²) in [6.45, 7) is 0.733. The van der Waals surface area contributed by atoms with Crippen LogP contribution in [0.5, 0.6) is 0 Å². The second kappa shape index (κ2) is 6.89. The Hall–Kier alpha value is -0.930. The molecule has 8 heteroatoms. The molecule has 0 aliphatic rings. The Morgan fingerprint density at radius 3 is 2.76 bits per heavy atom. The van der Waals surface area contributed by atoms with E-state index < -0.39 is 10.0 Å². The zero-order valence-corrected chi connectivity index (χ0v) is 14.5. The van der Waals surface area contributed by atoms with Gasteiger partial charge in [0.15, 0.2) is 0 Å². The summed E-state index contributed by atoms with van der Waals surface area (Å²) in [5, 5.41) is 0. The van der Waals surface area contributed by atoms with Gasteiger partial charge in [-0.05, 0) is 39.7 Å². The van der Waals surface area contributed by atoms with Crippen LogP contribution in [0.3, 0.4) is 0 Å². The van der Waals surface area contributed by atoms with Gasteiger partial charge in [0.1, 0.15) is 4.90 Å². The molecule has 114 valence electrons. The third-order valence-corrected chi connectivity index (χ3v) is 6.34. The van der Waals surface area contributed by atoms with Crippen LogP contribution in [0, 0.1) is 0 Å². The molecule has 0 atom stereocenters. The van der Waals surface area contributed by atoms with Gasteiger partial charge in [-0.1, -0.05) is 12.1 Å². The first-order chi connectivity index (χ1) is 9.96. The molecular formula is C13H15BrN2O3S2. The van der Waals surface area contributed by atoms with Crippen LogP contribution in [0.1, 0.15) is 10.4 Å². The van der Waals surface area contributed by atoms with Gasteiger partial charge in [0.2, 0.25) is 0 Å². The topological polar surface area (TPSA) is 81.4 Å². The van der Waals surface area contributed by atoms with E-state index in [0.717, 1.165) is 10.4 Å². The van der Waals surface area contributed by atoms with Crippen LogP contribution in [0.15, 0.2) is 39.0 Å². The Morgan fingerprint density at radius 2 is 2.14 bits per heavy atom. The monoisotopic (exact) mass is 390 g/mol. The number of halogens is 1. The summed E-state index contributed by atoms with van der Waals surface area (Å²) in [5.74, 6) is 0. The molecule has 0 unspecified atom stereocenters. The highest BCUT2D eigenvalue weighted by Gasteiger charge is 2.20. The van der Waals surface area contributed by atoms with Gasteiger partial charge in [0.05, 0.1) is 10.4 Å². The number of rotatable bonds is 6. The van der Waals surface area contributed by atoms with Crippen molar-refractivity contribution in [2.45, 2.75) is 18.0 Å². The molecule has 5 nitrogen and oxygen atoms in total. The van der Waals surface area contributed by atoms with Crippen molar-refractivity contribution in [3.63, 3.8) is 0 Å². The zero-order chi connectivity index (χ0) is 15.5. The van der Waals surface area contributed by atoms with Crippen LogP contribution < -0.4 is 10.5 Å². The van der Waals surface area contributed by atoms with E-state index in [0.29, 0.717) is 22.6 Å². The Balaban J connectivity index is 2.28. The predicted molar refractivity (Wildman–Crippen MR) is 87.9 cm³/mol. The number of benzene rings is 1. The molecule has 0 saturated carbocycles. The third-order valence-electron chi connectivity index (χ3n) is 2.69. The molecule has 0 fully saturated rings. The van der Waals surface area contributed by atoms with Gasteiger partial charge in [-0.3, -0.25) is 4.72 Å². The molecular weight excluding hydrogens is 376 g/mol. The van der Waals surface area contributed by atoms with Gasteiger partial charge in [0, 0.05) is 24.2 Å². The maximum absolute atomic E-state index is 12.4. The molecule has 1 heterocycles. The number of hydrogen-bond donors (Lipinski definition) is 2. The fourth-order valence-electron chi connectivity index (χ4n) is 1.78. The van der Waals surface area contributed by atoms with E-state index in [4.69, 9.17) is 10.5 Å². The molecule has 3 N–H and O–H groups in total. The first kappa shape index (κ1) is 16.4. The number of thiophene rings is 1. The molecule has 1 aromatic carbocycles.